The molecular formula is C8H5BrFNO. The van der Waals surface area contributed by atoms with Gasteiger partial charge in [-0.1, -0.05) is 6.58 Å². The molecule has 0 fully saturated rings. The molecule has 0 saturated heterocycles. The van der Waals surface area contributed by atoms with Gasteiger partial charge in [0.1, 0.15) is 0 Å². The molecule has 0 aliphatic heterocycles. The molecule has 62 valence electrons. The van der Waals surface area contributed by atoms with Crippen LogP contribution >= 0.6 is 15.9 Å². The van der Waals surface area contributed by atoms with Crippen molar-refractivity contribution in [3.63, 3.8) is 0 Å². The van der Waals surface area contributed by atoms with Crippen molar-refractivity contribution in [3.8, 4) is 0 Å². The van der Waals surface area contributed by atoms with Crippen LogP contribution < -0.4 is 0 Å². The second-order valence-corrected chi connectivity index (χ2v) is 2.98. The molecule has 0 aromatic carbocycles. The highest BCUT2D eigenvalue weighted by molar-refractivity contribution is 9.10. The molecule has 0 saturated carbocycles. The third kappa shape index (κ3) is 1.76. The molecule has 1 rings (SSSR count). The molecule has 0 spiro atoms. The van der Waals surface area contributed by atoms with Crippen LogP contribution in [0.4, 0.5) is 4.39 Å². The Labute approximate surface area is 77.3 Å². The summed E-state index contributed by atoms with van der Waals surface area (Å²) in [4.78, 5) is 14.3. The Kier molecular flexibility index (Phi) is 2.70. The molecule has 0 bridgehead atoms. The summed E-state index contributed by atoms with van der Waals surface area (Å²) in [5.74, 6) is -1.25. The number of nitrogens with zero attached hydrogens (tertiary/aromatic N) is 1. The van der Waals surface area contributed by atoms with Gasteiger partial charge in [-0.3, -0.25) is 4.79 Å². The maximum Gasteiger partial charge on any atom is 0.224 e. The van der Waals surface area contributed by atoms with Gasteiger partial charge in [-0.2, -0.15) is 4.39 Å². The first kappa shape index (κ1) is 9.06. The van der Waals surface area contributed by atoms with Gasteiger partial charge < -0.3 is 0 Å². The fraction of sp³-hybridized carbons (Fsp3) is 0. The number of rotatable bonds is 2. The van der Waals surface area contributed by atoms with Crippen LogP contribution in [0.5, 0.6) is 0 Å². The topological polar surface area (TPSA) is 30.0 Å². The first-order chi connectivity index (χ1) is 5.65. The van der Waals surface area contributed by atoms with Crippen LogP contribution in [0.1, 0.15) is 10.4 Å². The zero-order chi connectivity index (χ0) is 9.14. The molecule has 0 amide bonds. The normalized spacial score (nSPS) is 9.50. The van der Waals surface area contributed by atoms with E-state index in [2.05, 4.69) is 27.5 Å². The van der Waals surface area contributed by atoms with Crippen LogP contribution in [0.2, 0.25) is 0 Å². The van der Waals surface area contributed by atoms with Crippen LogP contribution in [0, 0.1) is 5.95 Å². The third-order valence-corrected chi connectivity index (χ3v) is 1.69. The SMILES string of the molecule is C=CC(=O)c1cc(Br)cnc1F. The number of ketones is 1. The van der Waals surface area contributed by atoms with Gasteiger partial charge in [-0.05, 0) is 28.1 Å². The monoisotopic (exact) mass is 229 g/mol. The number of allylic oxidation sites excluding steroid dienone is 1. The Balaban J connectivity index is 3.22. The summed E-state index contributed by atoms with van der Waals surface area (Å²) in [6.07, 6.45) is 2.34. The van der Waals surface area contributed by atoms with E-state index < -0.39 is 11.7 Å². The Morgan fingerprint density at radius 1 is 1.75 bits per heavy atom. The first-order valence-electron chi connectivity index (χ1n) is 3.13. The minimum atomic E-state index is -0.775. The Morgan fingerprint density at radius 3 is 3.00 bits per heavy atom. The second kappa shape index (κ2) is 3.58. The van der Waals surface area contributed by atoms with E-state index in [9.17, 15) is 9.18 Å². The van der Waals surface area contributed by atoms with Gasteiger partial charge in [0.05, 0.1) is 5.56 Å². The van der Waals surface area contributed by atoms with Crippen LogP contribution in [-0.2, 0) is 0 Å². The number of hydrogen-bond donors (Lipinski definition) is 0. The van der Waals surface area contributed by atoms with E-state index in [-0.39, 0.29) is 5.56 Å². The van der Waals surface area contributed by atoms with Crippen LogP contribution in [-0.4, -0.2) is 10.8 Å². The summed E-state index contributed by atoms with van der Waals surface area (Å²) < 4.78 is 13.4. The lowest BCUT2D eigenvalue weighted by Crippen LogP contribution is -2.00. The molecule has 4 heteroatoms. The molecule has 0 N–H and O–H groups in total. The highest BCUT2D eigenvalue weighted by atomic mass is 79.9. The van der Waals surface area contributed by atoms with Crippen LogP contribution in [0.15, 0.2) is 29.4 Å². The summed E-state index contributed by atoms with van der Waals surface area (Å²) in [6, 6.07) is 1.37. The lowest BCUT2D eigenvalue weighted by atomic mass is 10.2. The zero-order valence-electron chi connectivity index (χ0n) is 6.05. The number of carbonyl (C=O) groups excluding carboxylic acids is 1. The summed E-state index contributed by atoms with van der Waals surface area (Å²) in [5.41, 5.74) is -0.0700. The van der Waals surface area contributed by atoms with Gasteiger partial charge in [0.25, 0.3) is 0 Å². The maximum atomic E-state index is 12.8. The van der Waals surface area contributed by atoms with Crippen molar-refractivity contribution in [2.24, 2.45) is 0 Å². The average molecular weight is 230 g/mol. The Bertz CT molecular complexity index is 338. The summed E-state index contributed by atoms with van der Waals surface area (Å²) in [5, 5.41) is 0. The van der Waals surface area contributed by atoms with Gasteiger partial charge >= 0.3 is 0 Å². The van der Waals surface area contributed by atoms with Crippen LogP contribution in [0.25, 0.3) is 0 Å². The number of hydrogen-bond acceptors (Lipinski definition) is 2. The van der Waals surface area contributed by atoms with Crippen molar-refractivity contribution >= 4 is 21.7 Å². The van der Waals surface area contributed by atoms with Gasteiger partial charge in [0, 0.05) is 10.7 Å². The van der Waals surface area contributed by atoms with Crippen molar-refractivity contribution in [2.75, 3.05) is 0 Å². The van der Waals surface area contributed by atoms with Crippen molar-refractivity contribution in [1.82, 2.24) is 4.98 Å². The number of aromatic nitrogens is 1. The zero-order valence-corrected chi connectivity index (χ0v) is 7.64. The molecule has 1 aromatic heterocycles. The van der Waals surface area contributed by atoms with E-state index in [4.69, 9.17) is 0 Å². The molecule has 0 radical (unpaired) electrons. The van der Waals surface area contributed by atoms with E-state index in [1.165, 1.54) is 12.3 Å². The summed E-state index contributed by atoms with van der Waals surface area (Å²) in [6.45, 7) is 3.25. The predicted octanol–water partition coefficient (Wildman–Crippen LogP) is 2.35. The quantitative estimate of drug-likeness (QED) is 0.443. The summed E-state index contributed by atoms with van der Waals surface area (Å²) >= 11 is 3.08. The highest BCUT2D eigenvalue weighted by Crippen LogP contribution is 2.13. The standard InChI is InChI=1S/C8H5BrFNO/c1-2-7(12)6-3-5(9)4-11-8(6)10/h2-4H,1H2. The van der Waals surface area contributed by atoms with Crippen molar-refractivity contribution in [1.29, 1.82) is 0 Å². The number of halogens is 2. The maximum absolute atomic E-state index is 12.8. The van der Waals surface area contributed by atoms with Crippen molar-refractivity contribution in [2.45, 2.75) is 0 Å². The lowest BCUT2D eigenvalue weighted by molar-refractivity contribution is 0.104. The smallest absolute Gasteiger partial charge is 0.224 e. The van der Waals surface area contributed by atoms with Gasteiger partial charge in [0.2, 0.25) is 5.95 Å². The average Bonchev–Trinajstić information content (AvgIpc) is 2.08. The predicted molar refractivity (Wildman–Crippen MR) is 46.4 cm³/mol. The fourth-order valence-electron chi connectivity index (χ4n) is 0.705. The molecule has 0 unspecified atom stereocenters. The third-order valence-electron chi connectivity index (χ3n) is 1.26. The largest absolute Gasteiger partial charge is 0.289 e. The number of pyridine rings is 1. The van der Waals surface area contributed by atoms with Crippen molar-refractivity contribution < 1.29 is 9.18 Å². The lowest BCUT2D eigenvalue weighted by Gasteiger charge is -1.97. The first-order valence-corrected chi connectivity index (χ1v) is 3.92. The van der Waals surface area contributed by atoms with E-state index in [1.807, 2.05) is 0 Å². The minimum absolute atomic E-state index is 0.0700. The Hall–Kier alpha value is -1.03. The molecule has 1 heterocycles. The van der Waals surface area contributed by atoms with E-state index in [0.717, 1.165) is 6.08 Å². The highest BCUT2D eigenvalue weighted by Gasteiger charge is 2.09. The van der Waals surface area contributed by atoms with E-state index in [0.29, 0.717) is 4.47 Å². The van der Waals surface area contributed by atoms with E-state index >= 15 is 0 Å². The van der Waals surface area contributed by atoms with Gasteiger partial charge in [-0.15, -0.1) is 0 Å². The molecule has 0 aliphatic rings. The summed E-state index contributed by atoms with van der Waals surface area (Å²) in [7, 11) is 0. The van der Waals surface area contributed by atoms with Gasteiger partial charge in [-0.25, -0.2) is 4.98 Å². The second-order valence-electron chi connectivity index (χ2n) is 2.06. The van der Waals surface area contributed by atoms with Crippen molar-refractivity contribution in [3.05, 3.63) is 40.9 Å². The fourth-order valence-corrected chi connectivity index (χ4v) is 1.04. The molecular weight excluding hydrogens is 225 g/mol. The molecule has 12 heavy (non-hydrogen) atoms. The minimum Gasteiger partial charge on any atom is -0.289 e. The molecule has 0 atom stereocenters. The molecule has 2 nitrogen and oxygen atoms in total. The van der Waals surface area contributed by atoms with E-state index in [1.54, 1.807) is 0 Å². The van der Waals surface area contributed by atoms with Gasteiger partial charge in [0.15, 0.2) is 5.78 Å². The van der Waals surface area contributed by atoms with Crippen LogP contribution in [0.3, 0.4) is 0 Å². The molecule has 0 aliphatic carbocycles. The number of carbonyl (C=O) groups is 1. The Morgan fingerprint density at radius 2 is 2.42 bits per heavy atom. The molecule has 1 aromatic rings.